The lowest BCUT2D eigenvalue weighted by molar-refractivity contribution is -0.150. The third kappa shape index (κ3) is 3.42. The predicted octanol–water partition coefficient (Wildman–Crippen LogP) is 1.58. The van der Waals surface area contributed by atoms with Gasteiger partial charge in [-0.3, -0.25) is 14.5 Å². The minimum absolute atomic E-state index is 0.0479. The van der Waals surface area contributed by atoms with Gasteiger partial charge in [0, 0.05) is 13.6 Å². The van der Waals surface area contributed by atoms with Crippen LogP contribution in [0.3, 0.4) is 0 Å². The van der Waals surface area contributed by atoms with Gasteiger partial charge in [0.1, 0.15) is 5.54 Å². The van der Waals surface area contributed by atoms with Crippen LogP contribution in [0.25, 0.3) is 0 Å². The number of carbonyl (C=O) groups is 2. The molecule has 5 nitrogen and oxygen atoms in total. The average Bonchev–Trinajstić information content (AvgIpc) is 2.82. The van der Waals surface area contributed by atoms with Crippen LogP contribution in [0.15, 0.2) is 30.3 Å². The molecule has 1 aromatic rings. The number of nitrogens with zero attached hydrogens (tertiary/aromatic N) is 2. The number of likely N-dealkylation sites (N-methyl/N-ethyl adjacent to an activating group) is 1. The number of benzene rings is 1. The van der Waals surface area contributed by atoms with E-state index in [0.717, 1.165) is 12.0 Å². The van der Waals surface area contributed by atoms with Gasteiger partial charge in [-0.25, -0.2) is 0 Å². The van der Waals surface area contributed by atoms with E-state index in [-0.39, 0.29) is 12.5 Å². The van der Waals surface area contributed by atoms with E-state index in [1.807, 2.05) is 30.3 Å². The Kier molecular flexibility index (Phi) is 4.63. The van der Waals surface area contributed by atoms with Crippen molar-refractivity contribution in [2.45, 2.75) is 31.8 Å². The van der Waals surface area contributed by atoms with Gasteiger partial charge in [0.15, 0.2) is 0 Å². The fourth-order valence-electron chi connectivity index (χ4n) is 2.74. The first-order valence-corrected chi connectivity index (χ1v) is 7.20. The van der Waals surface area contributed by atoms with Crippen molar-refractivity contribution in [1.29, 1.82) is 0 Å². The number of hydrogen-bond donors (Lipinski definition) is 1. The highest BCUT2D eigenvalue weighted by Crippen LogP contribution is 2.28. The van der Waals surface area contributed by atoms with Crippen LogP contribution in [0, 0.1) is 0 Å². The highest BCUT2D eigenvalue weighted by molar-refractivity contribution is 5.82. The lowest BCUT2D eigenvalue weighted by atomic mass is 9.99. The van der Waals surface area contributed by atoms with Crippen molar-refractivity contribution in [1.82, 2.24) is 9.80 Å². The Morgan fingerprint density at radius 3 is 2.62 bits per heavy atom. The quantitative estimate of drug-likeness (QED) is 0.894. The molecule has 0 radical (unpaired) electrons. The molecule has 1 N–H and O–H groups in total. The summed E-state index contributed by atoms with van der Waals surface area (Å²) in [6.07, 6.45) is 1.41. The zero-order chi connectivity index (χ0) is 15.5. The number of carboxylic acids is 1. The van der Waals surface area contributed by atoms with Gasteiger partial charge in [0.2, 0.25) is 5.91 Å². The second-order valence-electron chi connectivity index (χ2n) is 5.84. The largest absolute Gasteiger partial charge is 0.480 e. The van der Waals surface area contributed by atoms with E-state index in [1.54, 1.807) is 23.8 Å². The van der Waals surface area contributed by atoms with E-state index in [9.17, 15) is 14.7 Å². The van der Waals surface area contributed by atoms with Gasteiger partial charge in [0.25, 0.3) is 0 Å². The van der Waals surface area contributed by atoms with E-state index in [0.29, 0.717) is 19.5 Å². The Morgan fingerprint density at radius 2 is 2.00 bits per heavy atom. The number of aliphatic carboxylic acids is 1. The van der Waals surface area contributed by atoms with Crippen molar-refractivity contribution in [3.05, 3.63) is 35.9 Å². The Morgan fingerprint density at radius 1 is 1.33 bits per heavy atom. The lowest BCUT2D eigenvalue weighted by Gasteiger charge is -2.31. The molecule has 1 fully saturated rings. The van der Waals surface area contributed by atoms with Crippen LogP contribution in [0.2, 0.25) is 0 Å². The standard InChI is InChI=1S/C16H22N2O3/c1-16(15(20)21)9-6-10-18(16)12-14(19)17(2)11-13-7-4-3-5-8-13/h3-5,7-8H,6,9-12H2,1-2H3,(H,20,21). The molecule has 2 rings (SSSR count). The van der Waals surface area contributed by atoms with Gasteiger partial charge in [-0.15, -0.1) is 0 Å². The number of carboxylic acid groups (broad SMARTS) is 1. The molecule has 1 heterocycles. The second-order valence-corrected chi connectivity index (χ2v) is 5.84. The summed E-state index contributed by atoms with van der Waals surface area (Å²) in [5.74, 6) is -0.897. The smallest absolute Gasteiger partial charge is 0.323 e. The summed E-state index contributed by atoms with van der Waals surface area (Å²) < 4.78 is 0. The number of rotatable bonds is 5. The van der Waals surface area contributed by atoms with Crippen LogP contribution in [-0.2, 0) is 16.1 Å². The Hall–Kier alpha value is -1.88. The van der Waals surface area contributed by atoms with Crippen molar-refractivity contribution in [2.24, 2.45) is 0 Å². The average molecular weight is 290 g/mol. The molecular formula is C16H22N2O3. The molecule has 1 unspecified atom stereocenters. The first-order chi connectivity index (χ1) is 9.93. The topological polar surface area (TPSA) is 60.9 Å². The van der Waals surface area contributed by atoms with E-state index >= 15 is 0 Å². The van der Waals surface area contributed by atoms with E-state index in [4.69, 9.17) is 0 Å². The third-order valence-electron chi connectivity index (χ3n) is 4.26. The van der Waals surface area contributed by atoms with Gasteiger partial charge >= 0.3 is 5.97 Å². The van der Waals surface area contributed by atoms with Crippen LogP contribution < -0.4 is 0 Å². The maximum atomic E-state index is 12.3. The summed E-state index contributed by atoms with van der Waals surface area (Å²) in [6.45, 7) is 3.06. The molecule has 0 saturated carbocycles. The van der Waals surface area contributed by atoms with E-state index in [2.05, 4.69) is 0 Å². The normalized spacial score (nSPS) is 22.2. The third-order valence-corrected chi connectivity index (χ3v) is 4.26. The molecular weight excluding hydrogens is 268 g/mol. The highest BCUT2D eigenvalue weighted by Gasteiger charge is 2.44. The molecule has 1 aromatic carbocycles. The van der Waals surface area contributed by atoms with E-state index < -0.39 is 11.5 Å². The summed E-state index contributed by atoms with van der Waals surface area (Å²) in [7, 11) is 1.75. The molecule has 0 spiro atoms. The van der Waals surface area contributed by atoms with Crippen molar-refractivity contribution in [3.8, 4) is 0 Å². The van der Waals surface area contributed by atoms with Crippen molar-refractivity contribution in [2.75, 3.05) is 20.1 Å². The number of amides is 1. The van der Waals surface area contributed by atoms with E-state index in [1.165, 1.54) is 0 Å². The minimum Gasteiger partial charge on any atom is -0.480 e. The minimum atomic E-state index is -0.913. The van der Waals surface area contributed by atoms with Crippen LogP contribution >= 0.6 is 0 Å². The SMILES string of the molecule is CN(Cc1ccccc1)C(=O)CN1CCCC1(C)C(=O)O. The van der Waals surface area contributed by atoms with Crippen LogP contribution in [-0.4, -0.2) is 52.5 Å². The van der Waals surface area contributed by atoms with Crippen molar-refractivity contribution in [3.63, 3.8) is 0 Å². The molecule has 1 aliphatic heterocycles. The fraction of sp³-hybridized carbons (Fsp3) is 0.500. The molecule has 1 amide bonds. The molecule has 1 aliphatic rings. The van der Waals surface area contributed by atoms with Crippen LogP contribution in [0.4, 0.5) is 0 Å². The second kappa shape index (κ2) is 6.26. The molecule has 0 aromatic heterocycles. The molecule has 114 valence electrons. The lowest BCUT2D eigenvalue weighted by Crippen LogP contribution is -2.51. The molecule has 1 atom stereocenters. The summed E-state index contributed by atoms with van der Waals surface area (Å²) in [6, 6.07) is 9.76. The number of carbonyl (C=O) groups excluding carboxylic acids is 1. The first kappa shape index (κ1) is 15.5. The van der Waals surface area contributed by atoms with Crippen LogP contribution in [0.1, 0.15) is 25.3 Å². The monoisotopic (exact) mass is 290 g/mol. The maximum Gasteiger partial charge on any atom is 0.323 e. The zero-order valence-electron chi connectivity index (χ0n) is 12.6. The molecule has 1 saturated heterocycles. The highest BCUT2D eigenvalue weighted by atomic mass is 16.4. The predicted molar refractivity (Wildman–Crippen MR) is 79.8 cm³/mol. The number of hydrogen-bond acceptors (Lipinski definition) is 3. The summed E-state index contributed by atoms with van der Waals surface area (Å²) in [5, 5.41) is 9.36. The number of likely N-dealkylation sites (tertiary alicyclic amines) is 1. The molecule has 21 heavy (non-hydrogen) atoms. The van der Waals surface area contributed by atoms with Crippen molar-refractivity contribution >= 4 is 11.9 Å². The zero-order valence-corrected chi connectivity index (χ0v) is 12.6. The summed E-state index contributed by atoms with van der Waals surface area (Å²) >= 11 is 0. The van der Waals surface area contributed by atoms with Crippen LogP contribution in [0.5, 0.6) is 0 Å². The van der Waals surface area contributed by atoms with Crippen molar-refractivity contribution < 1.29 is 14.7 Å². The van der Waals surface area contributed by atoms with Gasteiger partial charge in [-0.05, 0) is 31.9 Å². The van der Waals surface area contributed by atoms with Gasteiger partial charge in [-0.1, -0.05) is 30.3 Å². The Balaban J connectivity index is 1.96. The summed E-state index contributed by atoms with van der Waals surface area (Å²) in [4.78, 5) is 27.1. The Labute approximate surface area is 125 Å². The van der Waals surface area contributed by atoms with Gasteiger partial charge in [-0.2, -0.15) is 0 Å². The molecule has 5 heteroatoms. The summed E-state index contributed by atoms with van der Waals surface area (Å²) in [5.41, 5.74) is 0.152. The molecule has 0 bridgehead atoms. The van der Waals surface area contributed by atoms with Gasteiger partial charge < -0.3 is 10.0 Å². The van der Waals surface area contributed by atoms with Gasteiger partial charge in [0.05, 0.1) is 6.54 Å². The Bertz CT molecular complexity index is 518. The fourth-order valence-corrected chi connectivity index (χ4v) is 2.74. The maximum absolute atomic E-state index is 12.3. The molecule has 0 aliphatic carbocycles. The first-order valence-electron chi connectivity index (χ1n) is 7.20.